The predicted molar refractivity (Wildman–Crippen MR) is 107 cm³/mol. The second kappa shape index (κ2) is 7.68. The molecule has 2 aromatic rings. The molecule has 6 heteroatoms. The molecule has 2 saturated heterocycles. The predicted octanol–water partition coefficient (Wildman–Crippen LogP) is 3.25. The third-order valence-corrected chi connectivity index (χ3v) is 6.10. The topological polar surface area (TPSA) is 78.5 Å². The standard InChI is InChI=1S/C22H29N3O3/c1-15(2)19-13-18(26)14-22(28-19)6-10-25(11-7-22)21(27)17-5-3-4-16(12-17)20-23-8-9-24-20/h3-5,8-9,12,15,18-19,26H,6-7,10-11,13-14H2,1-2H3,(H,23,24)/t18-,19-/m1/s1. The molecule has 150 valence electrons. The van der Waals surface area contributed by atoms with E-state index in [0.29, 0.717) is 37.4 Å². The van der Waals surface area contributed by atoms with Gasteiger partial charge in [0.25, 0.3) is 5.91 Å². The lowest BCUT2D eigenvalue weighted by Gasteiger charge is -2.48. The van der Waals surface area contributed by atoms with Crippen LogP contribution in [0.3, 0.4) is 0 Å². The van der Waals surface area contributed by atoms with Gasteiger partial charge in [-0.1, -0.05) is 26.0 Å². The first-order chi connectivity index (χ1) is 13.5. The molecular formula is C22H29N3O3. The Morgan fingerprint density at radius 3 is 2.82 bits per heavy atom. The number of aliphatic hydroxyl groups excluding tert-OH is 1. The summed E-state index contributed by atoms with van der Waals surface area (Å²) in [5, 5.41) is 10.4. The number of aliphatic hydroxyl groups is 1. The van der Waals surface area contributed by atoms with Crippen molar-refractivity contribution in [3.63, 3.8) is 0 Å². The van der Waals surface area contributed by atoms with Crippen LogP contribution in [0.25, 0.3) is 11.4 Å². The highest BCUT2D eigenvalue weighted by molar-refractivity contribution is 5.95. The van der Waals surface area contributed by atoms with E-state index in [4.69, 9.17) is 4.74 Å². The number of nitrogens with one attached hydrogen (secondary N) is 1. The average molecular weight is 383 g/mol. The summed E-state index contributed by atoms with van der Waals surface area (Å²) in [5.41, 5.74) is 1.29. The Hall–Kier alpha value is -2.18. The van der Waals surface area contributed by atoms with Crippen LogP contribution in [-0.4, -0.2) is 56.8 Å². The van der Waals surface area contributed by atoms with E-state index >= 15 is 0 Å². The largest absolute Gasteiger partial charge is 0.393 e. The van der Waals surface area contributed by atoms with Crippen LogP contribution < -0.4 is 0 Å². The van der Waals surface area contributed by atoms with Gasteiger partial charge in [-0.25, -0.2) is 4.98 Å². The molecule has 3 heterocycles. The van der Waals surface area contributed by atoms with Gasteiger partial charge >= 0.3 is 0 Å². The quantitative estimate of drug-likeness (QED) is 0.853. The van der Waals surface area contributed by atoms with E-state index in [1.807, 2.05) is 29.2 Å². The number of aromatic nitrogens is 2. The number of hydrogen-bond donors (Lipinski definition) is 2. The summed E-state index contributed by atoms with van der Waals surface area (Å²) in [4.78, 5) is 22.3. The van der Waals surface area contributed by atoms with E-state index in [1.165, 1.54) is 0 Å². The van der Waals surface area contributed by atoms with Crippen molar-refractivity contribution in [3.8, 4) is 11.4 Å². The van der Waals surface area contributed by atoms with Crippen LogP contribution in [0.5, 0.6) is 0 Å². The van der Waals surface area contributed by atoms with Gasteiger partial charge in [0.05, 0.1) is 17.8 Å². The third kappa shape index (κ3) is 3.84. The second-order valence-electron chi connectivity index (χ2n) is 8.49. The molecule has 1 amide bonds. The first-order valence-electron chi connectivity index (χ1n) is 10.2. The van der Waals surface area contributed by atoms with Crippen LogP contribution in [0.1, 0.15) is 49.9 Å². The minimum atomic E-state index is -0.312. The van der Waals surface area contributed by atoms with E-state index in [2.05, 4.69) is 23.8 Å². The number of H-pyrrole nitrogens is 1. The summed E-state index contributed by atoms with van der Waals surface area (Å²) in [6, 6.07) is 7.59. The summed E-state index contributed by atoms with van der Waals surface area (Å²) in [5.74, 6) is 1.19. The van der Waals surface area contributed by atoms with Crippen LogP contribution in [0, 0.1) is 5.92 Å². The fraction of sp³-hybridized carbons (Fsp3) is 0.545. The van der Waals surface area contributed by atoms with Crippen molar-refractivity contribution in [1.82, 2.24) is 14.9 Å². The van der Waals surface area contributed by atoms with E-state index in [-0.39, 0.29) is 23.7 Å². The van der Waals surface area contributed by atoms with E-state index in [0.717, 1.165) is 24.2 Å². The van der Waals surface area contributed by atoms with Crippen LogP contribution in [0.2, 0.25) is 0 Å². The maximum atomic E-state index is 13.0. The normalized spacial score (nSPS) is 24.6. The van der Waals surface area contributed by atoms with Crippen molar-refractivity contribution in [2.45, 2.75) is 57.3 Å². The zero-order valence-electron chi connectivity index (χ0n) is 16.6. The number of imidazole rings is 1. The maximum Gasteiger partial charge on any atom is 0.253 e. The van der Waals surface area contributed by atoms with Crippen molar-refractivity contribution in [2.75, 3.05) is 13.1 Å². The van der Waals surface area contributed by atoms with Gasteiger partial charge in [0.1, 0.15) is 5.82 Å². The Morgan fingerprint density at radius 2 is 2.14 bits per heavy atom. The number of ether oxygens (including phenoxy) is 1. The van der Waals surface area contributed by atoms with Gasteiger partial charge in [0.15, 0.2) is 0 Å². The maximum absolute atomic E-state index is 13.0. The zero-order chi connectivity index (χ0) is 19.7. The fourth-order valence-corrected chi connectivity index (χ4v) is 4.45. The molecule has 0 bridgehead atoms. The number of aromatic amines is 1. The van der Waals surface area contributed by atoms with Crippen molar-refractivity contribution < 1.29 is 14.6 Å². The smallest absolute Gasteiger partial charge is 0.253 e. The number of amides is 1. The van der Waals surface area contributed by atoms with Crippen LogP contribution >= 0.6 is 0 Å². The van der Waals surface area contributed by atoms with E-state index in [9.17, 15) is 9.90 Å². The molecule has 6 nitrogen and oxygen atoms in total. The number of hydrogen-bond acceptors (Lipinski definition) is 4. The molecular weight excluding hydrogens is 354 g/mol. The summed E-state index contributed by atoms with van der Waals surface area (Å²) in [6.07, 6.45) is 6.19. The van der Waals surface area contributed by atoms with Gasteiger partial charge in [-0.05, 0) is 37.3 Å². The molecule has 0 unspecified atom stereocenters. The number of likely N-dealkylation sites (tertiary alicyclic amines) is 1. The number of benzene rings is 1. The third-order valence-electron chi connectivity index (χ3n) is 6.10. The van der Waals surface area contributed by atoms with Crippen molar-refractivity contribution in [3.05, 3.63) is 42.2 Å². The molecule has 1 aromatic heterocycles. The molecule has 2 N–H and O–H groups in total. The lowest BCUT2D eigenvalue weighted by molar-refractivity contribution is -0.190. The van der Waals surface area contributed by atoms with Crippen LogP contribution in [-0.2, 0) is 4.74 Å². The number of rotatable bonds is 3. The lowest BCUT2D eigenvalue weighted by Crippen LogP contribution is -2.54. The Kier molecular flexibility index (Phi) is 5.25. The van der Waals surface area contributed by atoms with Gasteiger partial charge < -0.3 is 19.7 Å². The zero-order valence-corrected chi connectivity index (χ0v) is 16.6. The molecule has 2 aliphatic heterocycles. The van der Waals surface area contributed by atoms with Crippen molar-refractivity contribution in [1.29, 1.82) is 0 Å². The molecule has 28 heavy (non-hydrogen) atoms. The lowest BCUT2D eigenvalue weighted by atomic mass is 9.80. The molecule has 0 saturated carbocycles. The first kappa shape index (κ1) is 19.2. The Balaban J connectivity index is 1.44. The molecule has 2 atom stereocenters. The number of carbonyl (C=O) groups is 1. The van der Waals surface area contributed by atoms with Gasteiger partial charge in [-0.3, -0.25) is 4.79 Å². The van der Waals surface area contributed by atoms with Gasteiger partial charge in [-0.2, -0.15) is 0 Å². The summed E-state index contributed by atoms with van der Waals surface area (Å²) < 4.78 is 6.44. The SMILES string of the molecule is CC(C)[C@H]1C[C@@H](O)CC2(CCN(C(=O)c3cccc(-c4ncc[nH]4)c3)CC2)O1. The molecule has 1 spiro atoms. The highest BCUT2D eigenvalue weighted by Gasteiger charge is 2.44. The Morgan fingerprint density at radius 1 is 1.36 bits per heavy atom. The van der Waals surface area contributed by atoms with Gasteiger partial charge in [0, 0.05) is 43.0 Å². The molecule has 2 aliphatic rings. The monoisotopic (exact) mass is 383 g/mol. The minimum absolute atomic E-state index is 0.0417. The summed E-state index contributed by atoms with van der Waals surface area (Å²) in [6.45, 7) is 5.59. The Labute approximate surface area is 165 Å². The molecule has 2 fully saturated rings. The molecule has 1 aromatic carbocycles. The van der Waals surface area contributed by atoms with Crippen LogP contribution in [0.15, 0.2) is 36.7 Å². The highest BCUT2D eigenvalue weighted by atomic mass is 16.5. The average Bonchev–Trinajstić information content (AvgIpc) is 3.22. The van der Waals surface area contributed by atoms with Gasteiger partial charge in [-0.15, -0.1) is 0 Å². The van der Waals surface area contributed by atoms with Crippen LogP contribution in [0.4, 0.5) is 0 Å². The minimum Gasteiger partial charge on any atom is -0.393 e. The van der Waals surface area contributed by atoms with Gasteiger partial charge in [0.2, 0.25) is 0 Å². The fourth-order valence-electron chi connectivity index (χ4n) is 4.45. The molecule has 0 aliphatic carbocycles. The van der Waals surface area contributed by atoms with E-state index in [1.54, 1.807) is 12.4 Å². The van der Waals surface area contributed by atoms with Crippen molar-refractivity contribution in [2.24, 2.45) is 5.92 Å². The molecule has 0 radical (unpaired) electrons. The highest BCUT2D eigenvalue weighted by Crippen LogP contribution is 2.39. The number of piperidine rings is 1. The number of nitrogens with zero attached hydrogens (tertiary/aromatic N) is 2. The number of carbonyl (C=O) groups excluding carboxylic acids is 1. The van der Waals surface area contributed by atoms with Crippen molar-refractivity contribution >= 4 is 5.91 Å². The van der Waals surface area contributed by atoms with E-state index < -0.39 is 0 Å². The first-order valence-corrected chi connectivity index (χ1v) is 10.2. The second-order valence-corrected chi connectivity index (χ2v) is 8.49. The summed E-state index contributed by atoms with van der Waals surface area (Å²) in [7, 11) is 0. The Bertz CT molecular complexity index is 810. The molecule has 4 rings (SSSR count). The summed E-state index contributed by atoms with van der Waals surface area (Å²) >= 11 is 0.